The number of para-hydroxylation sites is 1. The van der Waals surface area contributed by atoms with Gasteiger partial charge in [0.15, 0.2) is 0 Å². The zero-order chi connectivity index (χ0) is 13.1. The fourth-order valence-electron chi connectivity index (χ4n) is 1.76. The number of hydrogen-bond donors (Lipinski definition) is 1. The van der Waals surface area contributed by atoms with Crippen molar-refractivity contribution in [3.8, 4) is 6.07 Å². The van der Waals surface area contributed by atoms with E-state index in [-0.39, 0.29) is 18.5 Å². The maximum absolute atomic E-state index is 11.5. The van der Waals surface area contributed by atoms with Crippen LogP contribution in [0.3, 0.4) is 0 Å². The minimum Gasteiger partial charge on any atom is -0.465 e. The van der Waals surface area contributed by atoms with E-state index in [2.05, 4.69) is 4.98 Å². The number of carbonyl (C=O) groups is 1. The standard InChI is InChI=1S/C12H12N4O2/c1-2-18-10(17)7-16-9-5-3-4-8(6-13)11(9)15-12(16)14/h3-5H,2,7H2,1H3,(H2,14,15). The SMILES string of the molecule is CCOC(=O)Cn1c(N)nc2c(C#N)cccc21. The second-order valence-corrected chi connectivity index (χ2v) is 3.65. The van der Waals surface area contributed by atoms with E-state index in [4.69, 9.17) is 15.7 Å². The number of fused-ring (bicyclic) bond motifs is 1. The van der Waals surface area contributed by atoms with E-state index in [1.807, 2.05) is 6.07 Å². The molecule has 2 aromatic rings. The number of anilines is 1. The van der Waals surface area contributed by atoms with Crippen molar-refractivity contribution in [3.63, 3.8) is 0 Å². The van der Waals surface area contributed by atoms with Gasteiger partial charge < -0.3 is 10.5 Å². The second kappa shape index (κ2) is 4.75. The third-order valence-electron chi connectivity index (χ3n) is 2.52. The summed E-state index contributed by atoms with van der Waals surface area (Å²) in [5, 5.41) is 8.97. The van der Waals surface area contributed by atoms with Crippen LogP contribution in [-0.4, -0.2) is 22.1 Å². The Bertz CT molecular complexity index is 639. The van der Waals surface area contributed by atoms with E-state index in [0.29, 0.717) is 23.2 Å². The van der Waals surface area contributed by atoms with Crippen molar-refractivity contribution >= 4 is 23.0 Å². The minimum absolute atomic E-state index is 0.00887. The highest BCUT2D eigenvalue weighted by Gasteiger charge is 2.14. The molecule has 0 aliphatic heterocycles. The molecule has 0 atom stereocenters. The van der Waals surface area contributed by atoms with Crippen molar-refractivity contribution in [3.05, 3.63) is 23.8 Å². The van der Waals surface area contributed by atoms with Crippen LogP contribution in [-0.2, 0) is 16.1 Å². The number of aromatic nitrogens is 2. The Morgan fingerprint density at radius 3 is 3.06 bits per heavy atom. The second-order valence-electron chi connectivity index (χ2n) is 3.65. The van der Waals surface area contributed by atoms with Crippen LogP contribution in [0, 0.1) is 11.3 Å². The third kappa shape index (κ3) is 1.98. The molecule has 0 saturated heterocycles. The maximum Gasteiger partial charge on any atom is 0.326 e. The van der Waals surface area contributed by atoms with Crippen molar-refractivity contribution < 1.29 is 9.53 Å². The zero-order valence-corrected chi connectivity index (χ0v) is 9.88. The Labute approximate surface area is 104 Å². The summed E-state index contributed by atoms with van der Waals surface area (Å²) in [5.41, 5.74) is 7.34. The molecule has 1 aromatic heterocycles. The first-order valence-electron chi connectivity index (χ1n) is 5.47. The summed E-state index contributed by atoms with van der Waals surface area (Å²) in [7, 11) is 0. The number of rotatable bonds is 3. The molecule has 6 nitrogen and oxygen atoms in total. The van der Waals surface area contributed by atoms with E-state index in [0.717, 1.165) is 0 Å². The van der Waals surface area contributed by atoms with Crippen LogP contribution in [0.5, 0.6) is 0 Å². The third-order valence-corrected chi connectivity index (χ3v) is 2.52. The number of benzene rings is 1. The Balaban J connectivity index is 2.49. The Morgan fingerprint density at radius 1 is 1.61 bits per heavy atom. The van der Waals surface area contributed by atoms with Gasteiger partial charge >= 0.3 is 5.97 Å². The molecule has 18 heavy (non-hydrogen) atoms. The molecule has 0 bridgehead atoms. The summed E-state index contributed by atoms with van der Waals surface area (Å²) in [6.45, 7) is 2.04. The number of ether oxygens (including phenoxy) is 1. The first-order chi connectivity index (χ1) is 8.67. The summed E-state index contributed by atoms with van der Waals surface area (Å²) >= 11 is 0. The van der Waals surface area contributed by atoms with Crippen LogP contribution in [0.4, 0.5) is 5.95 Å². The van der Waals surface area contributed by atoms with Gasteiger partial charge in [0.1, 0.15) is 18.1 Å². The number of imidazole rings is 1. The Hall–Kier alpha value is -2.55. The van der Waals surface area contributed by atoms with E-state index < -0.39 is 0 Å². The monoisotopic (exact) mass is 244 g/mol. The molecular formula is C12H12N4O2. The normalized spacial score (nSPS) is 10.2. The average molecular weight is 244 g/mol. The lowest BCUT2D eigenvalue weighted by Gasteiger charge is -2.05. The fraction of sp³-hybridized carbons (Fsp3) is 0.250. The predicted molar refractivity (Wildman–Crippen MR) is 65.5 cm³/mol. The van der Waals surface area contributed by atoms with Gasteiger partial charge in [-0.1, -0.05) is 6.07 Å². The molecule has 0 amide bonds. The number of carbonyl (C=O) groups excluding carboxylic acids is 1. The molecule has 6 heteroatoms. The van der Waals surface area contributed by atoms with Gasteiger partial charge in [0.2, 0.25) is 5.95 Å². The summed E-state index contributed by atoms with van der Waals surface area (Å²) in [4.78, 5) is 15.6. The van der Waals surface area contributed by atoms with E-state index in [1.54, 1.807) is 25.1 Å². The molecule has 0 unspecified atom stereocenters. The van der Waals surface area contributed by atoms with Crippen LogP contribution in [0.1, 0.15) is 12.5 Å². The Morgan fingerprint density at radius 2 is 2.39 bits per heavy atom. The summed E-state index contributed by atoms with van der Waals surface area (Å²) in [6, 6.07) is 7.19. The van der Waals surface area contributed by atoms with Crippen molar-refractivity contribution in [2.24, 2.45) is 0 Å². The molecule has 0 radical (unpaired) electrons. The van der Waals surface area contributed by atoms with Crippen LogP contribution in [0.25, 0.3) is 11.0 Å². The number of nitrogens with zero attached hydrogens (tertiary/aromatic N) is 3. The lowest BCUT2D eigenvalue weighted by atomic mass is 10.2. The van der Waals surface area contributed by atoms with Crippen molar-refractivity contribution in [1.29, 1.82) is 5.26 Å². The van der Waals surface area contributed by atoms with Gasteiger partial charge in [-0.05, 0) is 19.1 Å². The fourth-order valence-corrected chi connectivity index (χ4v) is 1.76. The van der Waals surface area contributed by atoms with Gasteiger partial charge in [0, 0.05) is 0 Å². The van der Waals surface area contributed by atoms with Crippen molar-refractivity contribution in [2.45, 2.75) is 13.5 Å². The molecular weight excluding hydrogens is 232 g/mol. The lowest BCUT2D eigenvalue weighted by Crippen LogP contribution is -2.15. The molecule has 2 N–H and O–H groups in total. The van der Waals surface area contributed by atoms with Gasteiger partial charge in [-0.3, -0.25) is 9.36 Å². The molecule has 2 rings (SSSR count). The lowest BCUT2D eigenvalue weighted by molar-refractivity contribution is -0.143. The van der Waals surface area contributed by atoms with E-state index >= 15 is 0 Å². The maximum atomic E-state index is 11.5. The average Bonchev–Trinajstić information content (AvgIpc) is 2.66. The van der Waals surface area contributed by atoms with Gasteiger partial charge in [0.05, 0.1) is 17.7 Å². The van der Waals surface area contributed by atoms with Gasteiger partial charge in [0.25, 0.3) is 0 Å². The number of nitrogens with two attached hydrogens (primary N) is 1. The molecule has 0 aliphatic rings. The van der Waals surface area contributed by atoms with Crippen molar-refractivity contribution in [1.82, 2.24) is 9.55 Å². The first-order valence-corrected chi connectivity index (χ1v) is 5.47. The highest BCUT2D eigenvalue weighted by atomic mass is 16.5. The highest BCUT2D eigenvalue weighted by molar-refractivity contribution is 5.85. The van der Waals surface area contributed by atoms with Gasteiger partial charge in [-0.2, -0.15) is 5.26 Å². The van der Waals surface area contributed by atoms with Crippen LogP contribution in [0.2, 0.25) is 0 Å². The Kier molecular flexibility index (Phi) is 3.15. The summed E-state index contributed by atoms with van der Waals surface area (Å²) in [6.07, 6.45) is 0. The zero-order valence-electron chi connectivity index (χ0n) is 9.88. The summed E-state index contributed by atoms with van der Waals surface area (Å²) in [5.74, 6) is -0.188. The van der Waals surface area contributed by atoms with Gasteiger partial charge in [-0.15, -0.1) is 0 Å². The molecule has 1 heterocycles. The largest absolute Gasteiger partial charge is 0.465 e. The van der Waals surface area contributed by atoms with E-state index in [1.165, 1.54) is 4.57 Å². The summed E-state index contributed by atoms with van der Waals surface area (Å²) < 4.78 is 6.40. The molecule has 0 aliphatic carbocycles. The molecule has 0 fully saturated rings. The molecule has 0 saturated carbocycles. The number of nitriles is 1. The van der Waals surface area contributed by atoms with Crippen LogP contribution in [0.15, 0.2) is 18.2 Å². The number of hydrogen-bond acceptors (Lipinski definition) is 5. The van der Waals surface area contributed by atoms with E-state index in [9.17, 15) is 4.79 Å². The van der Waals surface area contributed by atoms with Crippen LogP contribution < -0.4 is 5.73 Å². The molecule has 92 valence electrons. The number of nitrogen functional groups attached to an aromatic ring is 1. The number of esters is 1. The topological polar surface area (TPSA) is 93.9 Å². The highest BCUT2D eigenvalue weighted by Crippen LogP contribution is 2.20. The molecule has 0 spiro atoms. The van der Waals surface area contributed by atoms with Gasteiger partial charge in [-0.25, -0.2) is 4.98 Å². The van der Waals surface area contributed by atoms with Crippen LogP contribution >= 0.6 is 0 Å². The predicted octanol–water partition coefficient (Wildman–Crippen LogP) is 1.05. The first kappa shape index (κ1) is 11.9. The molecule has 1 aromatic carbocycles. The van der Waals surface area contributed by atoms with Crippen molar-refractivity contribution in [2.75, 3.05) is 12.3 Å². The quantitative estimate of drug-likeness (QED) is 0.814. The smallest absolute Gasteiger partial charge is 0.326 e. The minimum atomic E-state index is -0.383.